The van der Waals surface area contributed by atoms with Gasteiger partial charge in [0, 0.05) is 66.6 Å². The number of nitro groups is 1. The predicted molar refractivity (Wildman–Crippen MR) is 273 cm³/mol. The van der Waals surface area contributed by atoms with Crippen LogP contribution in [0.1, 0.15) is 131 Å². The van der Waals surface area contributed by atoms with E-state index in [1.54, 1.807) is 37.4 Å². The van der Waals surface area contributed by atoms with E-state index in [4.69, 9.17) is 9.47 Å². The molecule has 2 atom stereocenters. The normalized spacial score (nSPS) is 24.3. The third kappa shape index (κ3) is 9.48. The molecule has 0 radical (unpaired) electrons. The van der Waals surface area contributed by atoms with Crippen LogP contribution in [-0.2, 0) is 14.8 Å². The summed E-state index contributed by atoms with van der Waals surface area (Å²) in [5.74, 6) is -0.499. The lowest BCUT2D eigenvalue weighted by molar-refractivity contribution is -0.384. The van der Waals surface area contributed by atoms with Crippen molar-refractivity contribution in [3.63, 3.8) is 0 Å². The number of piperidine rings is 1. The molecule has 2 saturated heterocycles. The van der Waals surface area contributed by atoms with Gasteiger partial charge in [-0.3, -0.25) is 24.6 Å². The first-order valence-electron chi connectivity index (χ1n) is 25.7. The number of nitro benzene ring substituents is 1. The number of pyridine rings is 1. The van der Waals surface area contributed by atoms with Crippen molar-refractivity contribution in [2.45, 2.75) is 132 Å². The highest BCUT2D eigenvalue weighted by Crippen LogP contribution is 2.55. The molecule has 5 fully saturated rings. The maximum atomic E-state index is 14.4. The average molecular weight is 1000 g/mol. The standard InChI is InChI=1S/C54H64N8O9S/c1-32(2)39-7-4-5-8-40(39)43-9-6-22-61(43)37-29-54(30-37)19-23-60(24-20-54)36-12-13-41(45(26-36)71-47-25-35-16-21-55-49(35)57-50(47)58-51(63)34-10-11-34)52(64)59-72(68,69)38-27-44(62(66)67)48-46(28-38)70-31-42(56-48)33-14-17-53(3,65)18-15-33/h4-5,7-8,12-13,16,21,25-28,32-34,37,42-43,56,65H,6,9-11,14-15,17-20,22-24,29-31H2,1-3H3,(H,59,64)(H2,55,57,58,63)/t33-,42-,43-,53-/m1/s1. The van der Waals surface area contributed by atoms with Crippen LogP contribution in [0.25, 0.3) is 11.0 Å². The van der Waals surface area contributed by atoms with Crippen LogP contribution in [-0.4, -0.2) is 89.1 Å². The van der Waals surface area contributed by atoms with E-state index in [9.17, 15) is 33.2 Å². The Balaban J connectivity index is 0.843. The lowest BCUT2D eigenvalue weighted by atomic mass is 9.59. The van der Waals surface area contributed by atoms with Crippen LogP contribution >= 0.6 is 0 Å². The van der Waals surface area contributed by atoms with E-state index >= 15 is 0 Å². The van der Waals surface area contributed by atoms with E-state index in [2.05, 4.69) is 73.2 Å². The highest BCUT2D eigenvalue weighted by atomic mass is 32.2. The van der Waals surface area contributed by atoms with E-state index < -0.39 is 37.0 Å². The molecule has 2 amide bonds. The van der Waals surface area contributed by atoms with Crippen LogP contribution in [0.5, 0.6) is 17.2 Å². The quantitative estimate of drug-likeness (QED) is 0.0549. The number of benzene rings is 3. The smallest absolute Gasteiger partial charge is 0.297 e. The minimum atomic E-state index is -4.74. The van der Waals surface area contributed by atoms with Crippen molar-refractivity contribution in [1.82, 2.24) is 19.6 Å². The summed E-state index contributed by atoms with van der Waals surface area (Å²) in [6.07, 6.45) is 12.5. The van der Waals surface area contributed by atoms with Gasteiger partial charge in [-0.1, -0.05) is 38.1 Å². The molecule has 3 saturated carbocycles. The van der Waals surface area contributed by atoms with Crippen molar-refractivity contribution in [2.24, 2.45) is 17.3 Å². The van der Waals surface area contributed by atoms with Crippen LogP contribution in [0.15, 0.2) is 77.8 Å². The number of amides is 2. The van der Waals surface area contributed by atoms with Crippen LogP contribution in [0.3, 0.4) is 0 Å². The zero-order valence-electron chi connectivity index (χ0n) is 41.1. The minimum absolute atomic E-state index is 0.0220. The van der Waals surface area contributed by atoms with Crippen molar-refractivity contribution in [3.05, 3.63) is 99.7 Å². The highest BCUT2D eigenvalue weighted by molar-refractivity contribution is 7.90. The fourth-order valence-electron chi connectivity index (χ4n) is 12.2. The SMILES string of the molecule is CC(C)c1ccccc1[C@H]1CCCN1C1CC2(CCN(c3ccc(C(=O)NS(=O)(=O)c4cc5c(c([N+](=O)[O-])c4)N[C@@H]([C@H]4CC[C@](C)(O)CC4)CO5)c(Oc4cc5cc[nH]c5nc4NC(=O)C4CC4)c3)CC2)C1. The molecule has 5 N–H and O–H groups in total. The number of aromatic nitrogens is 2. The van der Waals surface area contributed by atoms with Gasteiger partial charge in [-0.2, -0.15) is 0 Å². The molecule has 72 heavy (non-hydrogen) atoms. The number of rotatable bonds is 13. The molecule has 3 aliphatic carbocycles. The molecule has 2 aromatic heterocycles. The van der Waals surface area contributed by atoms with Gasteiger partial charge < -0.3 is 35.1 Å². The highest BCUT2D eigenvalue weighted by Gasteiger charge is 2.50. The monoisotopic (exact) mass is 1000 g/mol. The van der Waals surface area contributed by atoms with Gasteiger partial charge in [-0.15, -0.1) is 0 Å². The van der Waals surface area contributed by atoms with Gasteiger partial charge in [0.05, 0.1) is 27.0 Å². The average Bonchev–Trinajstić information content (AvgIpc) is 3.93. The summed E-state index contributed by atoms with van der Waals surface area (Å²) >= 11 is 0. The number of H-pyrrole nitrogens is 1. The Morgan fingerprint density at radius 1 is 0.958 bits per heavy atom. The summed E-state index contributed by atoms with van der Waals surface area (Å²) in [5, 5.41) is 29.8. The number of sulfonamides is 1. The fraction of sp³-hybridized carbons (Fsp3) is 0.500. The summed E-state index contributed by atoms with van der Waals surface area (Å²) in [7, 11) is -4.74. The molecule has 17 nitrogen and oxygen atoms in total. The maximum Gasteiger partial charge on any atom is 0.297 e. The number of aliphatic hydroxyl groups is 1. The number of fused-ring (bicyclic) bond motifs is 2. The van der Waals surface area contributed by atoms with Crippen molar-refractivity contribution < 1.29 is 37.5 Å². The Bertz CT molecular complexity index is 3040. The largest absolute Gasteiger partial charge is 0.489 e. The van der Waals surface area contributed by atoms with Crippen molar-refractivity contribution in [3.8, 4) is 17.2 Å². The molecular weight excluding hydrogens is 937 g/mol. The topological polar surface area (TPSA) is 221 Å². The zero-order valence-corrected chi connectivity index (χ0v) is 41.9. The number of hydrogen-bond donors (Lipinski definition) is 5. The number of nitrogens with one attached hydrogen (secondary N) is 4. The van der Waals surface area contributed by atoms with Crippen molar-refractivity contribution in [2.75, 3.05) is 41.8 Å². The molecule has 11 rings (SSSR count). The van der Waals surface area contributed by atoms with Crippen LogP contribution in [0.4, 0.5) is 22.9 Å². The third-order valence-corrected chi connectivity index (χ3v) is 17.9. The third-order valence-electron chi connectivity index (χ3n) is 16.6. The first-order chi connectivity index (χ1) is 34.5. The van der Waals surface area contributed by atoms with Crippen LogP contribution < -0.4 is 29.7 Å². The Morgan fingerprint density at radius 3 is 2.46 bits per heavy atom. The molecule has 18 heteroatoms. The number of hydrogen-bond acceptors (Lipinski definition) is 13. The van der Waals surface area contributed by atoms with Gasteiger partial charge in [-0.25, -0.2) is 18.1 Å². The van der Waals surface area contributed by atoms with E-state index in [-0.39, 0.29) is 70.1 Å². The van der Waals surface area contributed by atoms with E-state index in [0.29, 0.717) is 54.7 Å². The molecule has 3 aromatic carbocycles. The van der Waals surface area contributed by atoms with Crippen molar-refractivity contribution in [1.29, 1.82) is 0 Å². The van der Waals surface area contributed by atoms with Gasteiger partial charge in [0.2, 0.25) is 5.91 Å². The summed E-state index contributed by atoms with van der Waals surface area (Å²) in [5.41, 5.74) is 3.14. The second kappa shape index (κ2) is 18.7. The van der Waals surface area contributed by atoms with Crippen molar-refractivity contribution >= 4 is 55.8 Å². The minimum Gasteiger partial charge on any atom is -0.489 e. The second-order valence-electron chi connectivity index (χ2n) is 21.9. The predicted octanol–water partition coefficient (Wildman–Crippen LogP) is 9.55. The number of nitrogens with zero attached hydrogens (tertiary/aromatic N) is 4. The number of carbonyl (C=O) groups excluding carboxylic acids is 2. The molecule has 0 unspecified atom stereocenters. The molecule has 5 heterocycles. The molecular formula is C54H64N8O9S. The molecule has 380 valence electrons. The molecule has 6 aliphatic rings. The summed E-state index contributed by atoms with van der Waals surface area (Å²) in [4.78, 5) is 51.6. The van der Waals surface area contributed by atoms with Gasteiger partial charge in [0.1, 0.15) is 18.0 Å². The maximum absolute atomic E-state index is 14.4. The second-order valence-corrected chi connectivity index (χ2v) is 23.6. The Morgan fingerprint density at radius 2 is 1.72 bits per heavy atom. The van der Waals surface area contributed by atoms with Gasteiger partial charge in [-0.05, 0) is 143 Å². The number of ether oxygens (including phenoxy) is 2. The lowest BCUT2D eigenvalue weighted by Crippen LogP contribution is -2.54. The molecule has 5 aromatic rings. The lowest BCUT2D eigenvalue weighted by Gasteiger charge is -2.56. The number of likely N-dealkylation sites (tertiary alicyclic amines) is 1. The summed E-state index contributed by atoms with van der Waals surface area (Å²) in [6.45, 7) is 9.18. The summed E-state index contributed by atoms with van der Waals surface area (Å²) < 4.78 is 43.1. The fourth-order valence-corrected chi connectivity index (χ4v) is 13.2. The van der Waals surface area contributed by atoms with E-state index in [1.165, 1.54) is 36.1 Å². The first kappa shape index (κ1) is 48.1. The Kier molecular flexibility index (Phi) is 12.5. The van der Waals surface area contributed by atoms with Crippen LogP contribution in [0, 0.1) is 27.4 Å². The zero-order chi connectivity index (χ0) is 50.1. The van der Waals surface area contributed by atoms with Crippen LogP contribution in [0.2, 0.25) is 0 Å². The summed E-state index contributed by atoms with van der Waals surface area (Å²) in [6, 6.07) is 20.3. The number of anilines is 3. The van der Waals surface area contributed by atoms with E-state index in [0.717, 1.165) is 69.9 Å². The van der Waals surface area contributed by atoms with Gasteiger partial charge >= 0.3 is 0 Å². The molecule has 3 aliphatic heterocycles. The van der Waals surface area contributed by atoms with E-state index in [1.807, 2.05) is 0 Å². The molecule has 1 spiro atoms. The Hall–Kier alpha value is -6.24. The number of carbonyl (C=O) groups is 2. The van der Waals surface area contributed by atoms with Gasteiger partial charge in [0.15, 0.2) is 23.0 Å². The molecule has 0 bridgehead atoms. The number of aromatic amines is 1. The van der Waals surface area contributed by atoms with Gasteiger partial charge in [0.25, 0.3) is 21.6 Å². The first-order valence-corrected chi connectivity index (χ1v) is 27.2. The Labute approximate surface area is 419 Å².